The van der Waals surface area contributed by atoms with E-state index in [-0.39, 0.29) is 23.9 Å². The molecule has 1 aliphatic carbocycles. The van der Waals surface area contributed by atoms with Crippen LogP contribution in [0, 0.1) is 5.82 Å². The number of benzene rings is 1. The molecular weight excluding hydrogens is 271 g/mol. The van der Waals surface area contributed by atoms with Gasteiger partial charge in [-0.25, -0.2) is 4.39 Å². The molecule has 0 bridgehead atoms. The summed E-state index contributed by atoms with van der Waals surface area (Å²) in [5.74, 6) is -0.182. The number of hydrogen-bond acceptors (Lipinski definition) is 3. The zero-order valence-corrected chi connectivity index (χ0v) is 12.6. The van der Waals surface area contributed by atoms with Gasteiger partial charge in [0.15, 0.2) is 0 Å². The summed E-state index contributed by atoms with van der Waals surface area (Å²) in [5.41, 5.74) is 4.88. The number of carbonyl (C=O) groups excluding carboxylic acids is 1. The van der Waals surface area contributed by atoms with Crippen LogP contribution in [0.1, 0.15) is 39.5 Å². The Hall–Kier alpha value is -1.62. The SMILES string of the molecule is CC(C)NC1(C(N)=O)CCCC(Oc2cccc(F)c2)C1. The molecule has 1 fully saturated rings. The molecule has 0 heterocycles. The number of carbonyl (C=O) groups is 1. The minimum absolute atomic E-state index is 0.140. The predicted molar refractivity (Wildman–Crippen MR) is 79.5 cm³/mol. The van der Waals surface area contributed by atoms with Crippen LogP contribution >= 0.6 is 0 Å². The maximum atomic E-state index is 13.2. The topological polar surface area (TPSA) is 64.3 Å². The van der Waals surface area contributed by atoms with Crippen LogP contribution in [-0.2, 0) is 4.79 Å². The lowest BCUT2D eigenvalue weighted by Crippen LogP contribution is -2.61. The van der Waals surface area contributed by atoms with Gasteiger partial charge in [0.05, 0.1) is 0 Å². The van der Waals surface area contributed by atoms with E-state index in [9.17, 15) is 9.18 Å². The van der Waals surface area contributed by atoms with Gasteiger partial charge in [0.1, 0.15) is 23.2 Å². The number of halogens is 1. The molecule has 0 radical (unpaired) electrons. The molecule has 1 amide bonds. The molecule has 0 spiro atoms. The van der Waals surface area contributed by atoms with Gasteiger partial charge in [-0.05, 0) is 45.2 Å². The molecule has 21 heavy (non-hydrogen) atoms. The summed E-state index contributed by atoms with van der Waals surface area (Å²) in [4.78, 5) is 11.9. The largest absolute Gasteiger partial charge is 0.490 e. The van der Waals surface area contributed by atoms with E-state index in [1.165, 1.54) is 12.1 Å². The summed E-state index contributed by atoms with van der Waals surface area (Å²) >= 11 is 0. The second kappa shape index (κ2) is 6.43. The highest BCUT2D eigenvalue weighted by atomic mass is 19.1. The lowest BCUT2D eigenvalue weighted by atomic mass is 9.79. The maximum Gasteiger partial charge on any atom is 0.237 e. The summed E-state index contributed by atoms with van der Waals surface area (Å²) in [6, 6.07) is 6.23. The van der Waals surface area contributed by atoms with Crippen molar-refractivity contribution in [1.29, 1.82) is 0 Å². The molecule has 4 nitrogen and oxygen atoms in total. The van der Waals surface area contributed by atoms with Gasteiger partial charge in [0.25, 0.3) is 0 Å². The Morgan fingerprint density at radius 2 is 2.29 bits per heavy atom. The van der Waals surface area contributed by atoms with Crippen molar-refractivity contribution in [2.75, 3.05) is 0 Å². The Morgan fingerprint density at radius 3 is 2.90 bits per heavy atom. The number of nitrogens with one attached hydrogen (secondary N) is 1. The first-order chi connectivity index (χ1) is 9.91. The molecule has 3 N–H and O–H groups in total. The van der Waals surface area contributed by atoms with E-state index in [0.29, 0.717) is 18.6 Å². The van der Waals surface area contributed by atoms with Crippen molar-refractivity contribution >= 4 is 5.91 Å². The van der Waals surface area contributed by atoms with Gasteiger partial charge in [-0.3, -0.25) is 4.79 Å². The monoisotopic (exact) mass is 294 g/mol. The van der Waals surface area contributed by atoms with E-state index in [0.717, 1.165) is 12.8 Å². The van der Waals surface area contributed by atoms with Gasteiger partial charge in [0.2, 0.25) is 5.91 Å². The normalized spacial score (nSPS) is 25.8. The van der Waals surface area contributed by atoms with E-state index in [1.54, 1.807) is 12.1 Å². The number of nitrogens with two attached hydrogens (primary N) is 1. The van der Waals surface area contributed by atoms with Gasteiger partial charge < -0.3 is 15.8 Å². The first-order valence-electron chi connectivity index (χ1n) is 7.41. The average Bonchev–Trinajstić information content (AvgIpc) is 2.38. The predicted octanol–water partition coefficient (Wildman–Crippen LogP) is 2.37. The first-order valence-corrected chi connectivity index (χ1v) is 7.41. The molecule has 2 rings (SSSR count). The third kappa shape index (κ3) is 3.94. The van der Waals surface area contributed by atoms with E-state index in [1.807, 2.05) is 13.8 Å². The molecule has 0 aliphatic heterocycles. The van der Waals surface area contributed by atoms with Crippen molar-refractivity contribution in [2.45, 2.75) is 57.2 Å². The minimum atomic E-state index is -0.732. The fourth-order valence-electron chi connectivity index (χ4n) is 3.04. The molecular formula is C16H23FN2O2. The zero-order valence-electron chi connectivity index (χ0n) is 12.6. The van der Waals surface area contributed by atoms with Crippen LogP contribution in [0.3, 0.4) is 0 Å². The highest BCUT2D eigenvalue weighted by Crippen LogP contribution is 2.31. The van der Waals surface area contributed by atoms with E-state index in [2.05, 4.69) is 5.32 Å². The molecule has 2 atom stereocenters. The van der Waals surface area contributed by atoms with Crippen LogP contribution in [-0.4, -0.2) is 23.6 Å². The Labute approximate surface area is 124 Å². The second-order valence-electron chi connectivity index (χ2n) is 6.04. The van der Waals surface area contributed by atoms with Gasteiger partial charge in [0, 0.05) is 18.5 Å². The molecule has 1 saturated carbocycles. The van der Waals surface area contributed by atoms with Gasteiger partial charge in [-0.1, -0.05) is 6.07 Å². The Balaban J connectivity index is 2.10. The van der Waals surface area contributed by atoms with Crippen molar-refractivity contribution in [3.05, 3.63) is 30.1 Å². The highest BCUT2D eigenvalue weighted by molar-refractivity contribution is 5.84. The molecule has 0 saturated heterocycles. The van der Waals surface area contributed by atoms with Crippen LogP contribution < -0.4 is 15.8 Å². The van der Waals surface area contributed by atoms with E-state index in [4.69, 9.17) is 10.5 Å². The summed E-state index contributed by atoms with van der Waals surface area (Å²) < 4.78 is 19.0. The summed E-state index contributed by atoms with van der Waals surface area (Å²) in [5, 5.41) is 3.29. The van der Waals surface area contributed by atoms with Gasteiger partial charge >= 0.3 is 0 Å². The summed E-state index contributed by atoms with van der Waals surface area (Å²) in [6.45, 7) is 3.98. The van der Waals surface area contributed by atoms with Crippen LogP contribution in [0.25, 0.3) is 0 Å². The van der Waals surface area contributed by atoms with Gasteiger partial charge in [-0.2, -0.15) is 0 Å². The lowest BCUT2D eigenvalue weighted by molar-refractivity contribution is -0.127. The molecule has 1 aliphatic rings. The van der Waals surface area contributed by atoms with Crippen molar-refractivity contribution < 1.29 is 13.9 Å². The second-order valence-corrected chi connectivity index (χ2v) is 6.04. The number of rotatable bonds is 5. The van der Waals surface area contributed by atoms with Crippen molar-refractivity contribution in [3.8, 4) is 5.75 Å². The van der Waals surface area contributed by atoms with Crippen LogP contribution in [0.4, 0.5) is 4.39 Å². The van der Waals surface area contributed by atoms with Gasteiger partial charge in [-0.15, -0.1) is 0 Å². The Kier molecular flexibility index (Phi) is 4.83. The number of hydrogen-bond donors (Lipinski definition) is 2. The molecule has 5 heteroatoms. The quantitative estimate of drug-likeness (QED) is 0.876. The lowest BCUT2D eigenvalue weighted by Gasteiger charge is -2.40. The standard InChI is InChI=1S/C16H23FN2O2/c1-11(2)19-16(15(18)20)8-4-7-14(10-16)21-13-6-3-5-12(17)9-13/h3,5-6,9,11,14,19H,4,7-8,10H2,1-2H3,(H2,18,20). The maximum absolute atomic E-state index is 13.2. The molecule has 0 aromatic heterocycles. The van der Waals surface area contributed by atoms with E-state index < -0.39 is 5.54 Å². The van der Waals surface area contributed by atoms with E-state index >= 15 is 0 Å². The minimum Gasteiger partial charge on any atom is -0.490 e. The molecule has 1 aromatic carbocycles. The smallest absolute Gasteiger partial charge is 0.237 e. The molecule has 116 valence electrons. The fourth-order valence-corrected chi connectivity index (χ4v) is 3.04. The third-order valence-corrected chi connectivity index (χ3v) is 3.84. The number of ether oxygens (including phenoxy) is 1. The summed E-state index contributed by atoms with van der Waals surface area (Å²) in [6.07, 6.45) is 2.77. The van der Waals surface area contributed by atoms with Crippen LogP contribution in [0.15, 0.2) is 24.3 Å². The third-order valence-electron chi connectivity index (χ3n) is 3.84. The number of primary amides is 1. The molecule has 2 unspecified atom stereocenters. The zero-order chi connectivity index (χ0) is 15.5. The fraction of sp³-hybridized carbons (Fsp3) is 0.562. The Bertz CT molecular complexity index is 507. The highest BCUT2D eigenvalue weighted by Gasteiger charge is 2.42. The average molecular weight is 294 g/mol. The Morgan fingerprint density at radius 1 is 1.52 bits per heavy atom. The van der Waals surface area contributed by atoms with Crippen LogP contribution in [0.5, 0.6) is 5.75 Å². The molecule has 1 aromatic rings. The van der Waals surface area contributed by atoms with Crippen molar-refractivity contribution in [2.24, 2.45) is 5.73 Å². The van der Waals surface area contributed by atoms with Crippen molar-refractivity contribution in [3.63, 3.8) is 0 Å². The van der Waals surface area contributed by atoms with Crippen LogP contribution in [0.2, 0.25) is 0 Å². The first kappa shape index (κ1) is 15.8. The van der Waals surface area contributed by atoms with Crippen molar-refractivity contribution in [1.82, 2.24) is 5.32 Å². The number of amides is 1. The summed E-state index contributed by atoms with van der Waals surface area (Å²) in [7, 11) is 0.